The summed E-state index contributed by atoms with van der Waals surface area (Å²) in [5.41, 5.74) is 0. The second kappa shape index (κ2) is 5.40. The van der Waals surface area contributed by atoms with Gasteiger partial charge in [0, 0.05) is 28.9 Å². The first-order valence-corrected chi connectivity index (χ1v) is 9.58. The van der Waals surface area contributed by atoms with Gasteiger partial charge in [0.25, 0.3) is 0 Å². The molecule has 2 aliphatic rings. The molecule has 0 saturated heterocycles. The predicted molar refractivity (Wildman–Crippen MR) is 81.4 cm³/mol. The molecular weight excluding hydrogens is 292 g/mol. The van der Waals surface area contributed by atoms with Crippen molar-refractivity contribution in [2.45, 2.75) is 50.6 Å². The van der Waals surface area contributed by atoms with Gasteiger partial charge in [-0.05, 0) is 44.1 Å². The average Bonchev–Trinajstić information content (AvgIpc) is 3.28. The highest BCUT2D eigenvalue weighted by molar-refractivity contribution is 7.89. The summed E-state index contributed by atoms with van der Waals surface area (Å²) in [6.07, 6.45) is 3.63. The molecule has 2 unspecified atom stereocenters. The van der Waals surface area contributed by atoms with Gasteiger partial charge in [0.1, 0.15) is 0 Å². The SMILES string of the molecule is Cc1sc(CNC2CC2)cc1S(=O)(=O)NCC1CC1C. The second-order valence-electron chi connectivity index (χ2n) is 6.11. The summed E-state index contributed by atoms with van der Waals surface area (Å²) in [6, 6.07) is 2.47. The minimum Gasteiger partial charge on any atom is -0.309 e. The summed E-state index contributed by atoms with van der Waals surface area (Å²) in [7, 11) is -3.34. The summed E-state index contributed by atoms with van der Waals surface area (Å²) in [5.74, 6) is 1.19. The van der Waals surface area contributed by atoms with Gasteiger partial charge >= 0.3 is 0 Å². The number of sulfonamides is 1. The molecule has 2 saturated carbocycles. The topological polar surface area (TPSA) is 58.2 Å². The molecule has 2 atom stereocenters. The third-order valence-corrected chi connectivity index (χ3v) is 6.90. The largest absolute Gasteiger partial charge is 0.309 e. The quantitative estimate of drug-likeness (QED) is 0.811. The van der Waals surface area contributed by atoms with Crippen LogP contribution in [0.1, 0.15) is 35.9 Å². The molecule has 0 radical (unpaired) electrons. The lowest BCUT2D eigenvalue weighted by molar-refractivity contribution is 0.574. The number of thiophene rings is 1. The van der Waals surface area contributed by atoms with Crippen LogP contribution in [0.15, 0.2) is 11.0 Å². The molecule has 2 fully saturated rings. The van der Waals surface area contributed by atoms with E-state index in [9.17, 15) is 8.42 Å². The summed E-state index contributed by atoms with van der Waals surface area (Å²) in [6.45, 7) is 5.41. The van der Waals surface area contributed by atoms with Gasteiger partial charge in [-0.2, -0.15) is 0 Å². The Morgan fingerprint density at radius 1 is 1.40 bits per heavy atom. The van der Waals surface area contributed by atoms with Crippen molar-refractivity contribution >= 4 is 21.4 Å². The Kier molecular flexibility index (Phi) is 3.92. The van der Waals surface area contributed by atoms with Crippen LogP contribution >= 0.6 is 11.3 Å². The van der Waals surface area contributed by atoms with E-state index in [4.69, 9.17) is 0 Å². The van der Waals surface area contributed by atoms with Crippen LogP contribution in [0.2, 0.25) is 0 Å². The number of nitrogens with one attached hydrogen (secondary N) is 2. The van der Waals surface area contributed by atoms with E-state index in [1.54, 1.807) is 11.3 Å². The van der Waals surface area contributed by atoms with Crippen LogP contribution in [0, 0.1) is 18.8 Å². The maximum absolute atomic E-state index is 12.3. The molecule has 4 nitrogen and oxygen atoms in total. The van der Waals surface area contributed by atoms with Gasteiger partial charge in [0.2, 0.25) is 10.0 Å². The van der Waals surface area contributed by atoms with Crippen LogP contribution in [-0.2, 0) is 16.6 Å². The van der Waals surface area contributed by atoms with Gasteiger partial charge < -0.3 is 5.32 Å². The van der Waals surface area contributed by atoms with E-state index < -0.39 is 10.0 Å². The molecule has 0 spiro atoms. The molecule has 2 aliphatic carbocycles. The minimum atomic E-state index is -3.34. The Balaban J connectivity index is 1.64. The smallest absolute Gasteiger partial charge is 0.241 e. The van der Waals surface area contributed by atoms with Crippen molar-refractivity contribution in [1.82, 2.24) is 10.0 Å². The number of hydrogen-bond acceptors (Lipinski definition) is 4. The summed E-state index contributed by atoms with van der Waals surface area (Å²) in [5, 5.41) is 3.43. The van der Waals surface area contributed by atoms with Gasteiger partial charge in [-0.1, -0.05) is 6.92 Å². The predicted octanol–water partition coefficient (Wildman–Crippen LogP) is 2.24. The minimum absolute atomic E-state index is 0.461. The molecule has 1 aromatic rings. The Morgan fingerprint density at radius 2 is 2.10 bits per heavy atom. The lowest BCUT2D eigenvalue weighted by atomic mass is 10.3. The lowest BCUT2D eigenvalue weighted by Gasteiger charge is -2.05. The average molecular weight is 314 g/mol. The Hall–Kier alpha value is -0.430. The fraction of sp³-hybridized carbons (Fsp3) is 0.714. The molecule has 1 aromatic heterocycles. The van der Waals surface area contributed by atoms with Crippen LogP contribution in [-0.4, -0.2) is 21.0 Å². The van der Waals surface area contributed by atoms with Crippen molar-refractivity contribution in [3.05, 3.63) is 15.8 Å². The third kappa shape index (κ3) is 3.42. The fourth-order valence-electron chi connectivity index (χ4n) is 2.39. The summed E-state index contributed by atoms with van der Waals surface area (Å²) in [4.78, 5) is 2.45. The number of hydrogen-bond donors (Lipinski definition) is 2. The first kappa shape index (κ1) is 14.5. The fourth-order valence-corrected chi connectivity index (χ4v) is 5.07. The van der Waals surface area contributed by atoms with E-state index in [-0.39, 0.29) is 0 Å². The van der Waals surface area contributed by atoms with E-state index in [0.29, 0.717) is 29.3 Å². The molecule has 2 N–H and O–H groups in total. The molecular formula is C14H22N2O2S2. The van der Waals surface area contributed by atoms with E-state index in [2.05, 4.69) is 17.0 Å². The Bertz CT molecular complexity index is 590. The molecule has 0 bridgehead atoms. The normalized spacial score (nSPS) is 25.9. The van der Waals surface area contributed by atoms with Crippen molar-refractivity contribution in [2.75, 3.05) is 6.54 Å². The van der Waals surface area contributed by atoms with Crippen molar-refractivity contribution < 1.29 is 8.42 Å². The maximum Gasteiger partial charge on any atom is 0.241 e. The van der Waals surface area contributed by atoms with Gasteiger partial charge in [0.15, 0.2) is 0 Å². The highest BCUT2D eigenvalue weighted by Gasteiger charge is 2.33. The van der Waals surface area contributed by atoms with Crippen molar-refractivity contribution in [3.8, 4) is 0 Å². The molecule has 112 valence electrons. The molecule has 20 heavy (non-hydrogen) atoms. The second-order valence-corrected chi connectivity index (χ2v) is 9.19. The van der Waals surface area contributed by atoms with E-state index in [0.717, 1.165) is 22.7 Å². The van der Waals surface area contributed by atoms with E-state index in [1.165, 1.54) is 12.8 Å². The van der Waals surface area contributed by atoms with Gasteiger partial charge in [-0.15, -0.1) is 11.3 Å². The molecule has 6 heteroatoms. The number of rotatable bonds is 7. The van der Waals surface area contributed by atoms with E-state index >= 15 is 0 Å². The van der Waals surface area contributed by atoms with Crippen molar-refractivity contribution in [2.24, 2.45) is 11.8 Å². The van der Waals surface area contributed by atoms with Gasteiger partial charge in [0.05, 0.1) is 4.90 Å². The van der Waals surface area contributed by atoms with E-state index in [1.807, 2.05) is 13.0 Å². The zero-order chi connectivity index (χ0) is 14.3. The first-order chi connectivity index (χ1) is 9.45. The van der Waals surface area contributed by atoms with Crippen LogP contribution in [0.3, 0.4) is 0 Å². The maximum atomic E-state index is 12.3. The van der Waals surface area contributed by atoms with Crippen LogP contribution in [0.5, 0.6) is 0 Å². The summed E-state index contributed by atoms with van der Waals surface area (Å²) < 4.78 is 27.4. The number of aryl methyl sites for hydroxylation is 1. The van der Waals surface area contributed by atoms with Gasteiger partial charge in [-0.3, -0.25) is 0 Å². The Morgan fingerprint density at radius 3 is 2.70 bits per heavy atom. The monoisotopic (exact) mass is 314 g/mol. The zero-order valence-corrected chi connectivity index (χ0v) is 13.6. The van der Waals surface area contributed by atoms with Crippen molar-refractivity contribution in [1.29, 1.82) is 0 Å². The van der Waals surface area contributed by atoms with Gasteiger partial charge in [-0.25, -0.2) is 13.1 Å². The van der Waals surface area contributed by atoms with Crippen LogP contribution in [0.25, 0.3) is 0 Å². The summed E-state index contributed by atoms with van der Waals surface area (Å²) >= 11 is 1.58. The first-order valence-electron chi connectivity index (χ1n) is 7.28. The third-order valence-electron chi connectivity index (χ3n) is 4.17. The highest BCUT2D eigenvalue weighted by atomic mass is 32.2. The molecule has 0 amide bonds. The van der Waals surface area contributed by atoms with Crippen LogP contribution < -0.4 is 10.0 Å². The van der Waals surface area contributed by atoms with Crippen molar-refractivity contribution in [3.63, 3.8) is 0 Å². The standard InChI is InChI=1S/C14H22N2O2S2/c1-9-5-11(9)7-16-20(17,18)14-6-13(19-10(14)2)8-15-12-3-4-12/h6,9,11-12,15-16H,3-5,7-8H2,1-2H3. The molecule has 0 aliphatic heterocycles. The molecule has 0 aromatic carbocycles. The lowest BCUT2D eigenvalue weighted by Crippen LogP contribution is -2.26. The molecule has 3 rings (SSSR count). The zero-order valence-electron chi connectivity index (χ0n) is 12.0. The van der Waals surface area contributed by atoms with Crippen LogP contribution in [0.4, 0.5) is 0 Å². The highest BCUT2D eigenvalue weighted by Crippen LogP contribution is 2.37. The Labute approximate surface area is 125 Å². The molecule has 1 heterocycles.